The lowest BCUT2D eigenvalue weighted by molar-refractivity contribution is -0.119. The Bertz CT molecular complexity index is 690. The fourth-order valence-electron chi connectivity index (χ4n) is 2.00. The van der Waals surface area contributed by atoms with Gasteiger partial charge in [0.2, 0.25) is 11.0 Å². The first-order valence-electron chi connectivity index (χ1n) is 7.57. The van der Waals surface area contributed by atoms with E-state index >= 15 is 0 Å². The van der Waals surface area contributed by atoms with Crippen molar-refractivity contribution in [3.63, 3.8) is 0 Å². The van der Waals surface area contributed by atoms with E-state index in [0.717, 1.165) is 10.0 Å². The number of anilines is 2. The van der Waals surface area contributed by atoms with E-state index in [-0.39, 0.29) is 11.9 Å². The minimum absolute atomic E-state index is 0.000440. The molecule has 0 radical (unpaired) electrons. The molecular formula is C16H22N4O2S2. The number of benzene rings is 1. The van der Waals surface area contributed by atoms with Gasteiger partial charge in [-0.3, -0.25) is 4.79 Å². The third kappa shape index (κ3) is 5.77. The molecule has 1 atom stereocenters. The van der Waals surface area contributed by atoms with Gasteiger partial charge in [-0.1, -0.05) is 29.2 Å². The molecule has 8 heteroatoms. The molecule has 0 saturated carbocycles. The Hall–Kier alpha value is -1.64. The van der Waals surface area contributed by atoms with Gasteiger partial charge in [0.05, 0.1) is 12.4 Å². The van der Waals surface area contributed by atoms with Crippen molar-refractivity contribution in [2.24, 2.45) is 0 Å². The summed E-state index contributed by atoms with van der Waals surface area (Å²) >= 11 is 2.81. The maximum atomic E-state index is 11.8. The number of aromatic nitrogens is 2. The number of methoxy groups -OCH3 is 1. The molecule has 0 bridgehead atoms. The molecule has 2 aromatic rings. The van der Waals surface area contributed by atoms with Crippen LogP contribution in [0.5, 0.6) is 0 Å². The summed E-state index contributed by atoms with van der Waals surface area (Å²) in [5.74, 6) is 0.273. The molecule has 0 spiro atoms. The van der Waals surface area contributed by atoms with Crippen LogP contribution in [-0.2, 0) is 9.53 Å². The molecule has 1 aromatic carbocycles. The molecule has 2 rings (SSSR count). The van der Waals surface area contributed by atoms with Gasteiger partial charge >= 0.3 is 0 Å². The van der Waals surface area contributed by atoms with Crippen LogP contribution in [0.2, 0.25) is 0 Å². The number of hydrogen-bond acceptors (Lipinski definition) is 7. The van der Waals surface area contributed by atoms with Crippen LogP contribution in [0.3, 0.4) is 0 Å². The lowest BCUT2D eigenvalue weighted by atomic mass is 10.1. The van der Waals surface area contributed by atoms with Gasteiger partial charge in [0.1, 0.15) is 0 Å². The number of carbonyl (C=O) groups is 1. The first kappa shape index (κ1) is 18.7. The third-order valence-electron chi connectivity index (χ3n) is 3.32. The molecule has 0 aliphatic heterocycles. The summed E-state index contributed by atoms with van der Waals surface area (Å²) in [5, 5.41) is 15.0. The topological polar surface area (TPSA) is 76.1 Å². The van der Waals surface area contributed by atoms with Crippen LogP contribution in [0.15, 0.2) is 22.5 Å². The Balaban J connectivity index is 1.84. The molecule has 0 aliphatic carbocycles. The van der Waals surface area contributed by atoms with Crippen molar-refractivity contribution < 1.29 is 9.53 Å². The highest BCUT2D eigenvalue weighted by Gasteiger charge is 2.10. The van der Waals surface area contributed by atoms with Gasteiger partial charge in [0, 0.05) is 18.8 Å². The first-order valence-corrected chi connectivity index (χ1v) is 9.37. The van der Waals surface area contributed by atoms with Gasteiger partial charge < -0.3 is 15.4 Å². The van der Waals surface area contributed by atoms with Gasteiger partial charge in [-0.15, -0.1) is 10.2 Å². The molecule has 1 heterocycles. The second kappa shape index (κ2) is 9.00. The summed E-state index contributed by atoms with van der Waals surface area (Å²) < 4.78 is 5.75. The average molecular weight is 367 g/mol. The second-order valence-corrected chi connectivity index (χ2v) is 7.71. The van der Waals surface area contributed by atoms with Crippen molar-refractivity contribution in [2.45, 2.75) is 31.2 Å². The fraction of sp³-hybridized carbons (Fsp3) is 0.438. The zero-order chi connectivity index (χ0) is 17.5. The lowest BCUT2D eigenvalue weighted by Crippen LogP contribution is -2.36. The largest absolute Gasteiger partial charge is 0.383 e. The van der Waals surface area contributed by atoms with Gasteiger partial charge in [-0.05, 0) is 44.0 Å². The normalized spacial score (nSPS) is 12.0. The molecule has 24 heavy (non-hydrogen) atoms. The van der Waals surface area contributed by atoms with Crippen molar-refractivity contribution in [3.8, 4) is 0 Å². The number of nitrogens with one attached hydrogen (secondary N) is 2. The second-order valence-electron chi connectivity index (χ2n) is 5.51. The molecule has 0 saturated heterocycles. The van der Waals surface area contributed by atoms with Crippen LogP contribution < -0.4 is 10.6 Å². The summed E-state index contributed by atoms with van der Waals surface area (Å²) in [6.45, 7) is 6.56. The monoisotopic (exact) mass is 366 g/mol. The third-order valence-corrected chi connectivity index (χ3v) is 5.29. The van der Waals surface area contributed by atoms with E-state index in [1.54, 1.807) is 7.11 Å². The van der Waals surface area contributed by atoms with Crippen LogP contribution in [0.4, 0.5) is 10.8 Å². The highest BCUT2D eigenvalue weighted by atomic mass is 32.2. The van der Waals surface area contributed by atoms with Gasteiger partial charge in [0.25, 0.3) is 0 Å². The van der Waals surface area contributed by atoms with Crippen LogP contribution in [0, 0.1) is 13.8 Å². The maximum absolute atomic E-state index is 11.8. The Labute approximate surface area is 150 Å². The minimum atomic E-state index is -0.0385. The quantitative estimate of drug-likeness (QED) is 0.699. The van der Waals surface area contributed by atoms with E-state index < -0.39 is 0 Å². The number of rotatable bonds is 8. The predicted octanol–water partition coefficient (Wildman–Crippen LogP) is 3.14. The predicted molar refractivity (Wildman–Crippen MR) is 99.3 cm³/mol. The highest BCUT2D eigenvalue weighted by Crippen LogP contribution is 2.28. The Morgan fingerprint density at radius 3 is 2.83 bits per heavy atom. The fourth-order valence-corrected chi connectivity index (χ4v) is 3.58. The Morgan fingerprint density at radius 1 is 1.33 bits per heavy atom. The summed E-state index contributed by atoms with van der Waals surface area (Å²) in [7, 11) is 1.61. The Kier molecular flexibility index (Phi) is 7.01. The molecule has 2 N–H and O–H groups in total. The minimum Gasteiger partial charge on any atom is -0.383 e. The van der Waals surface area contributed by atoms with Crippen LogP contribution in [0.1, 0.15) is 18.1 Å². The SMILES string of the molecule is COC[C@H](C)NC(=O)CSc1nnc(Nc2ccc(C)c(C)c2)s1. The number of amides is 1. The average Bonchev–Trinajstić information content (AvgIpc) is 2.97. The molecule has 1 amide bonds. The maximum Gasteiger partial charge on any atom is 0.230 e. The van der Waals surface area contributed by atoms with E-state index in [1.165, 1.54) is 34.2 Å². The van der Waals surface area contributed by atoms with Gasteiger partial charge in [-0.25, -0.2) is 0 Å². The van der Waals surface area contributed by atoms with E-state index in [2.05, 4.69) is 46.8 Å². The molecule has 1 aromatic heterocycles. The summed E-state index contributed by atoms with van der Waals surface area (Å²) in [6, 6.07) is 6.16. The van der Waals surface area contributed by atoms with Crippen molar-refractivity contribution in [3.05, 3.63) is 29.3 Å². The number of aryl methyl sites for hydroxylation is 2. The molecule has 0 unspecified atom stereocenters. The van der Waals surface area contributed by atoms with E-state index in [9.17, 15) is 4.79 Å². The number of thioether (sulfide) groups is 1. The van der Waals surface area contributed by atoms with Crippen LogP contribution in [-0.4, -0.2) is 41.6 Å². The summed E-state index contributed by atoms with van der Waals surface area (Å²) in [6.07, 6.45) is 0. The molecule has 130 valence electrons. The molecular weight excluding hydrogens is 344 g/mol. The zero-order valence-electron chi connectivity index (χ0n) is 14.3. The van der Waals surface area contributed by atoms with Crippen molar-refractivity contribution >= 4 is 39.8 Å². The van der Waals surface area contributed by atoms with E-state index in [1.807, 2.05) is 13.0 Å². The van der Waals surface area contributed by atoms with Gasteiger partial charge in [0.15, 0.2) is 4.34 Å². The smallest absolute Gasteiger partial charge is 0.230 e. The summed E-state index contributed by atoms with van der Waals surface area (Å²) in [4.78, 5) is 11.8. The number of ether oxygens (including phenoxy) is 1. The lowest BCUT2D eigenvalue weighted by Gasteiger charge is -2.11. The highest BCUT2D eigenvalue weighted by molar-refractivity contribution is 8.01. The molecule has 6 nitrogen and oxygen atoms in total. The van der Waals surface area contributed by atoms with Crippen molar-refractivity contribution in [1.29, 1.82) is 0 Å². The summed E-state index contributed by atoms with van der Waals surface area (Å²) in [5.41, 5.74) is 3.46. The van der Waals surface area contributed by atoms with Crippen LogP contribution in [0.25, 0.3) is 0 Å². The van der Waals surface area contributed by atoms with Gasteiger partial charge in [-0.2, -0.15) is 0 Å². The number of nitrogens with zero attached hydrogens (tertiary/aromatic N) is 2. The number of hydrogen-bond donors (Lipinski definition) is 2. The Morgan fingerprint density at radius 2 is 2.12 bits per heavy atom. The zero-order valence-corrected chi connectivity index (χ0v) is 15.9. The first-order chi connectivity index (χ1) is 11.5. The number of carbonyl (C=O) groups excluding carboxylic acids is 1. The van der Waals surface area contributed by atoms with E-state index in [0.29, 0.717) is 17.5 Å². The van der Waals surface area contributed by atoms with E-state index in [4.69, 9.17) is 4.74 Å². The van der Waals surface area contributed by atoms with Crippen molar-refractivity contribution in [2.75, 3.05) is 24.8 Å². The van der Waals surface area contributed by atoms with Crippen molar-refractivity contribution in [1.82, 2.24) is 15.5 Å². The molecule has 0 fully saturated rings. The van der Waals surface area contributed by atoms with Crippen LogP contribution >= 0.6 is 23.1 Å². The standard InChI is InChI=1S/C16H22N4O2S2/c1-10-5-6-13(7-11(10)2)18-15-19-20-16(24-15)23-9-14(21)17-12(3)8-22-4/h5-7,12H,8-9H2,1-4H3,(H,17,21)(H,18,19)/t12-/m0/s1. The molecule has 0 aliphatic rings.